The molecule has 0 saturated heterocycles. The fourth-order valence-electron chi connectivity index (χ4n) is 4.84. The maximum Gasteiger partial charge on any atom is 0.318 e. The molecule has 1 aliphatic rings. The SMILES string of the molecule is CCOc1cc(C(C)N(CCCCc2ccccc2)C(=O)NC2CC(C(=O)O)C2)cc(OCC)c1C(C)=O. The van der Waals surface area contributed by atoms with Gasteiger partial charge in [0.1, 0.15) is 17.1 Å². The van der Waals surface area contributed by atoms with Gasteiger partial charge in [-0.05, 0) is 83.1 Å². The van der Waals surface area contributed by atoms with Crippen LogP contribution >= 0.6 is 0 Å². The molecule has 38 heavy (non-hydrogen) atoms. The molecule has 0 heterocycles. The van der Waals surface area contributed by atoms with Crippen LogP contribution in [0.1, 0.15) is 80.9 Å². The number of carboxylic acids is 1. The van der Waals surface area contributed by atoms with E-state index < -0.39 is 11.9 Å². The van der Waals surface area contributed by atoms with Gasteiger partial charge in [0, 0.05) is 12.6 Å². The van der Waals surface area contributed by atoms with E-state index in [1.807, 2.05) is 51.1 Å². The van der Waals surface area contributed by atoms with Crippen molar-refractivity contribution in [2.24, 2.45) is 5.92 Å². The molecule has 1 fully saturated rings. The summed E-state index contributed by atoms with van der Waals surface area (Å²) in [5, 5.41) is 12.2. The van der Waals surface area contributed by atoms with Crippen molar-refractivity contribution in [3.63, 3.8) is 0 Å². The number of ether oxygens (including phenoxy) is 2. The standard InChI is InChI=1S/C30H40N2O6/c1-5-37-26-18-23(19-27(38-6-2)28(26)21(4)33)20(3)32(15-11-10-14-22-12-8-7-9-13-22)30(36)31-25-16-24(17-25)29(34)35/h7-9,12-13,18-20,24-25H,5-6,10-11,14-17H2,1-4H3,(H,31,36)(H,34,35). The van der Waals surface area contributed by atoms with Crippen molar-refractivity contribution in [2.45, 2.75) is 71.9 Å². The van der Waals surface area contributed by atoms with Crippen LogP contribution in [0.3, 0.4) is 0 Å². The number of hydrogen-bond acceptors (Lipinski definition) is 5. The Morgan fingerprint density at radius 2 is 1.63 bits per heavy atom. The number of urea groups is 1. The molecule has 3 rings (SSSR count). The van der Waals surface area contributed by atoms with Crippen LogP contribution < -0.4 is 14.8 Å². The van der Waals surface area contributed by atoms with Gasteiger partial charge in [0.05, 0.1) is 25.2 Å². The summed E-state index contributed by atoms with van der Waals surface area (Å²) in [6.45, 7) is 8.45. The van der Waals surface area contributed by atoms with Crippen molar-refractivity contribution in [1.82, 2.24) is 10.2 Å². The molecular formula is C30H40N2O6. The average molecular weight is 525 g/mol. The predicted molar refractivity (Wildman–Crippen MR) is 146 cm³/mol. The summed E-state index contributed by atoms with van der Waals surface area (Å²) in [5.41, 5.74) is 2.46. The number of unbranched alkanes of at least 4 members (excludes halogenated alkanes) is 1. The summed E-state index contributed by atoms with van der Waals surface area (Å²) in [7, 11) is 0. The van der Waals surface area contributed by atoms with E-state index >= 15 is 0 Å². The first-order chi connectivity index (χ1) is 18.2. The zero-order chi connectivity index (χ0) is 27.7. The number of carbonyl (C=O) groups excluding carboxylic acids is 2. The van der Waals surface area contributed by atoms with Crippen LogP contribution in [0.25, 0.3) is 0 Å². The van der Waals surface area contributed by atoms with E-state index in [2.05, 4.69) is 17.4 Å². The number of Topliss-reactive ketones (excluding diaryl/α,β-unsaturated/α-hetero) is 1. The Bertz CT molecular complexity index is 1070. The average Bonchev–Trinajstić information content (AvgIpc) is 2.85. The van der Waals surface area contributed by atoms with Gasteiger partial charge in [-0.25, -0.2) is 4.79 Å². The minimum atomic E-state index is -0.820. The zero-order valence-corrected chi connectivity index (χ0v) is 22.9. The Morgan fingerprint density at radius 1 is 1.03 bits per heavy atom. The first kappa shape index (κ1) is 29.0. The molecule has 2 aromatic carbocycles. The van der Waals surface area contributed by atoms with Crippen molar-refractivity contribution in [3.05, 3.63) is 59.2 Å². The molecule has 1 saturated carbocycles. The van der Waals surface area contributed by atoms with Gasteiger partial charge in [-0.3, -0.25) is 9.59 Å². The number of ketones is 1. The monoisotopic (exact) mass is 524 g/mol. The van der Waals surface area contributed by atoms with Crippen LogP contribution in [0.4, 0.5) is 4.79 Å². The third kappa shape index (κ3) is 7.49. The van der Waals surface area contributed by atoms with Crippen molar-refractivity contribution >= 4 is 17.8 Å². The Morgan fingerprint density at radius 3 is 2.16 bits per heavy atom. The highest BCUT2D eigenvalue weighted by molar-refractivity contribution is 5.99. The number of carbonyl (C=O) groups is 3. The molecule has 0 aliphatic heterocycles. The second kappa shape index (κ2) is 13.8. The van der Waals surface area contributed by atoms with Crippen LogP contribution in [0.2, 0.25) is 0 Å². The van der Waals surface area contributed by atoms with E-state index in [1.54, 1.807) is 4.90 Å². The van der Waals surface area contributed by atoms with Crippen molar-refractivity contribution < 1.29 is 29.0 Å². The molecule has 0 radical (unpaired) electrons. The van der Waals surface area contributed by atoms with Gasteiger partial charge in [-0.15, -0.1) is 0 Å². The number of aryl methyl sites for hydroxylation is 1. The maximum atomic E-state index is 13.4. The quantitative estimate of drug-likeness (QED) is 0.245. The number of rotatable bonds is 14. The summed E-state index contributed by atoms with van der Waals surface area (Å²) in [4.78, 5) is 38.9. The fraction of sp³-hybridized carbons (Fsp3) is 0.500. The number of aliphatic carboxylic acids is 1. The van der Waals surface area contributed by atoms with Gasteiger partial charge in [0.2, 0.25) is 0 Å². The van der Waals surface area contributed by atoms with E-state index in [9.17, 15) is 19.5 Å². The predicted octanol–water partition coefficient (Wildman–Crippen LogP) is 5.65. The molecule has 1 aliphatic carbocycles. The second-order valence-electron chi connectivity index (χ2n) is 9.78. The van der Waals surface area contributed by atoms with Gasteiger partial charge in [-0.2, -0.15) is 0 Å². The molecule has 206 valence electrons. The fourth-order valence-corrected chi connectivity index (χ4v) is 4.84. The van der Waals surface area contributed by atoms with Gasteiger partial charge >= 0.3 is 12.0 Å². The Labute approximate surface area is 225 Å². The number of hydrogen-bond donors (Lipinski definition) is 2. The third-order valence-corrected chi connectivity index (χ3v) is 7.02. The lowest BCUT2D eigenvalue weighted by atomic mass is 9.80. The number of nitrogens with zero attached hydrogens (tertiary/aromatic N) is 1. The molecular weight excluding hydrogens is 484 g/mol. The Balaban J connectivity index is 1.81. The minimum absolute atomic E-state index is 0.149. The first-order valence-electron chi connectivity index (χ1n) is 13.5. The van der Waals surface area contributed by atoms with E-state index in [-0.39, 0.29) is 23.9 Å². The molecule has 2 amide bonds. The molecule has 0 aromatic heterocycles. The summed E-state index contributed by atoms with van der Waals surface area (Å²) in [6.07, 6.45) is 3.52. The summed E-state index contributed by atoms with van der Waals surface area (Å²) in [5.74, 6) is -0.483. The maximum absolute atomic E-state index is 13.4. The Kier molecular flexibility index (Phi) is 10.6. The molecule has 0 spiro atoms. The number of amides is 2. The van der Waals surface area contributed by atoms with Gasteiger partial charge in [-0.1, -0.05) is 30.3 Å². The highest BCUT2D eigenvalue weighted by atomic mass is 16.5. The molecule has 0 bridgehead atoms. The van der Waals surface area contributed by atoms with Gasteiger partial charge in [0.15, 0.2) is 5.78 Å². The van der Waals surface area contributed by atoms with Crippen molar-refractivity contribution in [2.75, 3.05) is 19.8 Å². The van der Waals surface area contributed by atoms with Crippen molar-refractivity contribution in [3.8, 4) is 11.5 Å². The van der Waals surface area contributed by atoms with Crippen LogP contribution in [0.15, 0.2) is 42.5 Å². The molecule has 1 unspecified atom stereocenters. The summed E-state index contributed by atoms with van der Waals surface area (Å²) in [6, 6.07) is 13.2. The van der Waals surface area contributed by atoms with E-state index in [4.69, 9.17) is 9.47 Å². The third-order valence-electron chi connectivity index (χ3n) is 7.02. The van der Waals surface area contributed by atoms with Crippen LogP contribution in [0.5, 0.6) is 11.5 Å². The lowest BCUT2D eigenvalue weighted by Crippen LogP contribution is -2.51. The number of nitrogens with one attached hydrogen (secondary N) is 1. The van der Waals surface area contributed by atoms with Crippen LogP contribution in [-0.2, 0) is 11.2 Å². The molecule has 2 N–H and O–H groups in total. The highest BCUT2D eigenvalue weighted by Gasteiger charge is 2.36. The largest absolute Gasteiger partial charge is 0.493 e. The van der Waals surface area contributed by atoms with Gasteiger partial charge in [0.25, 0.3) is 0 Å². The lowest BCUT2D eigenvalue weighted by molar-refractivity contribution is -0.145. The topological polar surface area (TPSA) is 105 Å². The number of carboxylic acid groups (broad SMARTS) is 1. The van der Waals surface area contributed by atoms with E-state index in [0.29, 0.717) is 49.7 Å². The molecule has 8 nitrogen and oxygen atoms in total. The second-order valence-corrected chi connectivity index (χ2v) is 9.78. The molecule has 1 atom stereocenters. The summed E-state index contributed by atoms with van der Waals surface area (Å²) >= 11 is 0. The summed E-state index contributed by atoms with van der Waals surface area (Å²) < 4.78 is 11.6. The first-order valence-corrected chi connectivity index (χ1v) is 13.5. The normalized spacial score (nSPS) is 17.2. The van der Waals surface area contributed by atoms with Crippen molar-refractivity contribution in [1.29, 1.82) is 0 Å². The lowest BCUT2D eigenvalue weighted by Gasteiger charge is -2.37. The van der Waals surface area contributed by atoms with E-state index in [1.165, 1.54) is 12.5 Å². The van der Waals surface area contributed by atoms with Crippen LogP contribution in [0, 0.1) is 5.92 Å². The Hall–Kier alpha value is -3.55. The van der Waals surface area contributed by atoms with E-state index in [0.717, 1.165) is 24.8 Å². The number of benzene rings is 2. The zero-order valence-electron chi connectivity index (χ0n) is 22.9. The molecule has 8 heteroatoms. The highest BCUT2D eigenvalue weighted by Crippen LogP contribution is 2.36. The van der Waals surface area contributed by atoms with Crippen LogP contribution in [-0.4, -0.2) is 53.6 Å². The van der Waals surface area contributed by atoms with Gasteiger partial charge < -0.3 is 24.8 Å². The smallest absolute Gasteiger partial charge is 0.318 e. The molecule has 2 aromatic rings. The minimum Gasteiger partial charge on any atom is -0.493 e.